The number of thioether (sulfide) groups is 1. The molecule has 0 fully saturated rings. The second-order valence-corrected chi connectivity index (χ2v) is 5.48. The Morgan fingerprint density at radius 3 is 2.82 bits per heavy atom. The van der Waals surface area contributed by atoms with Crippen LogP contribution in [-0.2, 0) is 0 Å². The molecule has 0 radical (unpaired) electrons. The van der Waals surface area contributed by atoms with E-state index in [0.29, 0.717) is 10.2 Å². The van der Waals surface area contributed by atoms with Gasteiger partial charge in [0.05, 0.1) is 11.8 Å². The number of furan rings is 1. The minimum absolute atomic E-state index is 0.0743. The summed E-state index contributed by atoms with van der Waals surface area (Å²) in [4.78, 5) is 11.7. The number of halogens is 1. The number of unbranched alkanes of at least 4 members (excludes halogenated alkanes) is 3. The second-order valence-electron chi connectivity index (χ2n) is 3.77. The van der Waals surface area contributed by atoms with E-state index < -0.39 is 0 Å². The summed E-state index contributed by atoms with van der Waals surface area (Å²) in [6.45, 7) is 0.732. The smallest absolute Gasteiger partial charge is 0.255 e. The zero-order valence-electron chi connectivity index (χ0n) is 10.0. The van der Waals surface area contributed by atoms with Crippen molar-refractivity contribution in [1.29, 1.82) is 0 Å². The van der Waals surface area contributed by atoms with Gasteiger partial charge in [-0.25, -0.2) is 0 Å². The molecular formula is C12H18BrNO2S. The van der Waals surface area contributed by atoms with Crippen molar-refractivity contribution in [3.05, 3.63) is 22.6 Å². The monoisotopic (exact) mass is 319 g/mol. The molecule has 3 nitrogen and oxygen atoms in total. The van der Waals surface area contributed by atoms with Gasteiger partial charge in [0.1, 0.15) is 0 Å². The van der Waals surface area contributed by atoms with E-state index in [4.69, 9.17) is 4.42 Å². The molecule has 0 aliphatic carbocycles. The van der Waals surface area contributed by atoms with Crippen molar-refractivity contribution < 1.29 is 9.21 Å². The van der Waals surface area contributed by atoms with Gasteiger partial charge in [0, 0.05) is 6.54 Å². The zero-order chi connectivity index (χ0) is 12.5. The number of hydrogen-bond donors (Lipinski definition) is 1. The summed E-state index contributed by atoms with van der Waals surface area (Å²) < 4.78 is 5.51. The largest absolute Gasteiger partial charge is 0.457 e. The number of nitrogens with one attached hydrogen (secondary N) is 1. The van der Waals surface area contributed by atoms with Crippen molar-refractivity contribution in [1.82, 2.24) is 5.32 Å². The van der Waals surface area contributed by atoms with Crippen LogP contribution in [0.25, 0.3) is 0 Å². The first-order valence-electron chi connectivity index (χ1n) is 5.76. The van der Waals surface area contributed by atoms with Crippen molar-refractivity contribution in [3.63, 3.8) is 0 Å². The molecule has 0 atom stereocenters. The number of amides is 1. The van der Waals surface area contributed by atoms with Crippen LogP contribution >= 0.6 is 27.7 Å². The van der Waals surface area contributed by atoms with Gasteiger partial charge in [-0.1, -0.05) is 12.8 Å². The van der Waals surface area contributed by atoms with Gasteiger partial charge in [-0.3, -0.25) is 4.79 Å². The molecule has 17 heavy (non-hydrogen) atoms. The summed E-state index contributed by atoms with van der Waals surface area (Å²) in [6.07, 6.45) is 8.35. The van der Waals surface area contributed by atoms with Crippen LogP contribution in [-0.4, -0.2) is 24.5 Å². The lowest BCUT2D eigenvalue weighted by Crippen LogP contribution is -2.24. The van der Waals surface area contributed by atoms with Crippen molar-refractivity contribution in [2.24, 2.45) is 0 Å². The van der Waals surface area contributed by atoms with E-state index in [1.165, 1.54) is 31.3 Å². The summed E-state index contributed by atoms with van der Waals surface area (Å²) >= 11 is 5.07. The molecule has 5 heteroatoms. The molecule has 0 bridgehead atoms. The molecule has 0 aliphatic heterocycles. The van der Waals surface area contributed by atoms with Crippen LogP contribution in [0.4, 0.5) is 0 Å². The second kappa shape index (κ2) is 8.64. The first kappa shape index (κ1) is 14.6. The molecule has 0 unspecified atom stereocenters. The van der Waals surface area contributed by atoms with Gasteiger partial charge in [0.25, 0.3) is 5.91 Å². The first-order valence-corrected chi connectivity index (χ1v) is 7.94. The van der Waals surface area contributed by atoms with E-state index in [1.54, 1.807) is 6.07 Å². The Hall–Kier alpha value is -0.420. The fourth-order valence-corrected chi connectivity index (χ4v) is 2.39. The number of hydrogen-bond acceptors (Lipinski definition) is 3. The highest BCUT2D eigenvalue weighted by molar-refractivity contribution is 9.10. The number of rotatable bonds is 8. The Morgan fingerprint density at radius 2 is 2.18 bits per heavy atom. The molecule has 1 amide bonds. The lowest BCUT2D eigenvalue weighted by Gasteiger charge is -2.03. The van der Waals surface area contributed by atoms with Crippen LogP contribution in [0.1, 0.15) is 36.0 Å². The fourth-order valence-electron chi connectivity index (χ4n) is 1.48. The third-order valence-corrected chi connectivity index (χ3v) is 3.73. The molecule has 96 valence electrons. The van der Waals surface area contributed by atoms with Crippen molar-refractivity contribution >= 4 is 33.6 Å². The van der Waals surface area contributed by atoms with Crippen LogP contribution in [0.5, 0.6) is 0 Å². The van der Waals surface area contributed by atoms with Gasteiger partial charge in [0.15, 0.2) is 4.67 Å². The van der Waals surface area contributed by atoms with Crippen molar-refractivity contribution in [2.45, 2.75) is 25.7 Å². The van der Waals surface area contributed by atoms with E-state index in [9.17, 15) is 4.79 Å². The molecule has 0 saturated heterocycles. The van der Waals surface area contributed by atoms with Crippen molar-refractivity contribution in [3.8, 4) is 0 Å². The van der Waals surface area contributed by atoms with Gasteiger partial charge >= 0.3 is 0 Å². The average molecular weight is 320 g/mol. The Balaban J connectivity index is 2.07. The summed E-state index contributed by atoms with van der Waals surface area (Å²) in [5.74, 6) is 1.16. The van der Waals surface area contributed by atoms with E-state index in [2.05, 4.69) is 27.5 Å². The maximum Gasteiger partial charge on any atom is 0.255 e. The summed E-state index contributed by atoms with van der Waals surface area (Å²) in [6, 6.07) is 1.66. The Labute approximate surface area is 115 Å². The highest BCUT2D eigenvalue weighted by Crippen LogP contribution is 2.17. The molecule has 0 aliphatic rings. The van der Waals surface area contributed by atoms with Crippen LogP contribution in [0, 0.1) is 0 Å². The summed E-state index contributed by atoms with van der Waals surface area (Å²) in [7, 11) is 0. The van der Waals surface area contributed by atoms with Crippen LogP contribution in [0.15, 0.2) is 21.4 Å². The Kier molecular flexibility index (Phi) is 7.44. The minimum Gasteiger partial charge on any atom is -0.457 e. The molecule has 0 aromatic carbocycles. The Morgan fingerprint density at radius 1 is 1.41 bits per heavy atom. The van der Waals surface area contributed by atoms with Gasteiger partial charge in [0.2, 0.25) is 0 Å². The van der Waals surface area contributed by atoms with E-state index in [1.807, 2.05) is 11.8 Å². The third-order valence-electron chi connectivity index (χ3n) is 2.42. The van der Waals surface area contributed by atoms with Crippen LogP contribution < -0.4 is 5.32 Å². The normalized spacial score (nSPS) is 10.5. The molecule has 1 heterocycles. The standard InChI is InChI=1S/C12H18BrNO2S/c1-17-9-5-3-2-4-7-14-12(15)10-6-8-16-11(10)13/h6,8H,2-5,7,9H2,1H3,(H,14,15). The van der Waals surface area contributed by atoms with Gasteiger partial charge in [-0.05, 0) is 46.8 Å². The highest BCUT2D eigenvalue weighted by atomic mass is 79.9. The van der Waals surface area contributed by atoms with E-state index >= 15 is 0 Å². The molecule has 1 rings (SSSR count). The molecule has 0 spiro atoms. The lowest BCUT2D eigenvalue weighted by atomic mass is 10.2. The van der Waals surface area contributed by atoms with Gasteiger partial charge in [-0.15, -0.1) is 0 Å². The lowest BCUT2D eigenvalue weighted by molar-refractivity contribution is 0.0951. The van der Waals surface area contributed by atoms with Crippen LogP contribution in [0.3, 0.4) is 0 Å². The quantitative estimate of drug-likeness (QED) is 0.743. The molecule has 1 aromatic heterocycles. The van der Waals surface area contributed by atoms with E-state index in [0.717, 1.165) is 13.0 Å². The molecule has 0 saturated carbocycles. The average Bonchev–Trinajstić information content (AvgIpc) is 2.74. The molecule has 1 N–H and O–H groups in total. The van der Waals surface area contributed by atoms with Crippen molar-refractivity contribution in [2.75, 3.05) is 18.6 Å². The maximum absolute atomic E-state index is 11.7. The van der Waals surface area contributed by atoms with E-state index in [-0.39, 0.29) is 5.91 Å². The first-order chi connectivity index (χ1) is 8.25. The maximum atomic E-state index is 11.7. The minimum atomic E-state index is -0.0743. The van der Waals surface area contributed by atoms with Crippen LogP contribution in [0.2, 0.25) is 0 Å². The molecule has 1 aromatic rings. The van der Waals surface area contributed by atoms with Gasteiger partial charge in [-0.2, -0.15) is 11.8 Å². The predicted molar refractivity (Wildman–Crippen MR) is 75.6 cm³/mol. The van der Waals surface area contributed by atoms with Gasteiger partial charge < -0.3 is 9.73 Å². The summed E-state index contributed by atoms with van der Waals surface area (Å²) in [5, 5.41) is 2.88. The number of carbonyl (C=O) groups excluding carboxylic acids is 1. The zero-order valence-corrected chi connectivity index (χ0v) is 12.4. The Bertz CT molecular complexity index is 341. The topological polar surface area (TPSA) is 42.2 Å². The SMILES string of the molecule is CSCCCCCCNC(=O)c1ccoc1Br. The third kappa shape index (κ3) is 5.64. The number of carbonyl (C=O) groups is 1. The summed E-state index contributed by atoms with van der Waals surface area (Å²) in [5.41, 5.74) is 0.562. The predicted octanol–water partition coefficient (Wildman–Crippen LogP) is 3.70. The highest BCUT2D eigenvalue weighted by Gasteiger charge is 2.11. The fraction of sp³-hybridized carbons (Fsp3) is 0.583. The molecular weight excluding hydrogens is 302 g/mol.